The Morgan fingerprint density at radius 2 is 2.29 bits per heavy atom. The molecule has 1 heterocycles. The van der Waals surface area contributed by atoms with E-state index >= 15 is 0 Å². The van der Waals surface area contributed by atoms with E-state index in [2.05, 4.69) is 15.9 Å². The van der Waals surface area contributed by atoms with E-state index in [9.17, 15) is 14.5 Å². The van der Waals surface area contributed by atoms with Crippen molar-refractivity contribution >= 4 is 27.3 Å². The Morgan fingerprint density at radius 3 is 2.82 bits per heavy atom. The fraction of sp³-hybridized carbons (Fsp3) is 0.455. The van der Waals surface area contributed by atoms with Crippen LogP contribution in [-0.2, 0) is 0 Å². The topological polar surface area (TPSA) is 46.4 Å². The van der Waals surface area contributed by atoms with Crippen molar-refractivity contribution in [1.82, 2.24) is 0 Å². The van der Waals surface area contributed by atoms with E-state index in [-0.39, 0.29) is 16.2 Å². The highest BCUT2D eigenvalue weighted by Gasteiger charge is 2.28. The number of hydrogen-bond donors (Lipinski definition) is 0. The van der Waals surface area contributed by atoms with Crippen molar-refractivity contribution in [2.75, 3.05) is 11.4 Å². The summed E-state index contributed by atoms with van der Waals surface area (Å²) >= 11 is 2.97. The van der Waals surface area contributed by atoms with E-state index in [0.29, 0.717) is 5.69 Å². The molecule has 0 unspecified atom stereocenters. The molecule has 0 amide bonds. The molecule has 2 rings (SSSR count). The zero-order valence-corrected chi connectivity index (χ0v) is 10.9. The van der Waals surface area contributed by atoms with Gasteiger partial charge in [-0.3, -0.25) is 10.1 Å². The summed E-state index contributed by atoms with van der Waals surface area (Å²) < 4.78 is 13.6. The Labute approximate surface area is 107 Å². The second-order valence-corrected chi connectivity index (χ2v) is 5.05. The van der Waals surface area contributed by atoms with Crippen LogP contribution in [0.25, 0.3) is 0 Å². The Hall–Kier alpha value is -1.17. The normalized spacial score (nSPS) is 19.7. The maximum Gasteiger partial charge on any atom is 0.293 e. The molecule has 0 N–H and O–H groups in total. The summed E-state index contributed by atoms with van der Waals surface area (Å²) in [5.74, 6) is -0.468. The van der Waals surface area contributed by atoms with Crippen molar-refractivity contribution in [1.29, 1.82) is 0 Å². The maximum atomic E-state index is 13.5. The molecule has 0 radical (unpaired) electrons. The molecule has 6 heteroatoms. The van der Waals surface area contributed by atoms with Crippen LogP contribution >= 0.6 is 15.9 Å². The average molecular weight is 303 g/mol. The third-order valence-corrected chi connectivity index (χ3v) is 3.68. The fourth-order valence-corrected chi connectivity index (χ4v) is 2.52. The van der Waals surface area contributed by atoms with Crippen molar-refractivity contribution in [2.45, 2.75) is 25.8 Å². The SMILES string of the molecule is C[C@H]1CCCN1c1cc(F)c(Br)cc1[N+](=O)[O-]. The number of benzene rings is 1. The summed E-state index contributed by atoms with van der Waals surface area (Å²) in [4.78, 5) is 12.4. The molecule has 0 aromatic heterocycles. The van der Waals surface area contributed by atoms with Gasteiger partial charge >= 0.3 is 0 Å². The summed E-state index contributed by atoms with van der Waals surface area (Å²) in [5.41, 5.74) is 0.327. The van der Waals surface area contributed by atoms with Gasteiger partial charge in [-0.25, -0.2) is 4.39 Å². The van der Waals surface area contributed by atoms with E-state index < -0.39 is 10.7 Å². The zero-order chi connectivity index (χ0) is 12.6. The van der Waals surface area contributed by atoms with Crippen molar-refractivity contribution in [3.05, 3.63) is 32.5 Å². The van der Waals surface area contributed by atoms with Crippen LogP contribution in [0.2, 0.25) is 0 Å². The standard InChI is InChI=1S/C11H12BrFN2O2/c1-7-3-2-4-14(7)10-6-9(13)8(12)5-11(10)15(16)17/h5-7H,2-4H2,1H3/t7-/m0/s1. The molecule has 1 aromatic rings. The molecule has 1 saturated heterocycles. The lowest BCUT2D eigenvalue weighted by Crippen LogP contribution is -2.27. The quantitative estimate of drug-likeness (QED) is 0.620. The number of nitro groups is 1. The van der Waals surface area contributed by atoms with Crippen LogP contribution in [0, 0.1) is 15.9 Å². The fourth-order valence-electron chi connectivity index (χ4n) is 2.19. The van der Waals surface area contributed by atoms with E-state index in [4.69, 9.17) is 0 Å². The Bertz CT molecular complexity index is 467. The van der Waals surface area contributed by atoms with Crippen LogP contribution in [0.4, 0.5) is 15.8 Å². The molecule has 0 aliphatic carbocycles. The number of nitrogens with zero attached hydrogens (tertiary/aromatic N) is 2. The zero-order valence-electron chi connectivity index (χ0n) is 9.32. The average Bonchev–Trinajstić information content (AvgIpc) is 2.67. The third kappa shape index (κ3) is 2.26. The molecule has 4 nitrogen and oxygen atoms in total. The van der Waals surface area contributed by atoms with Gasteiger partial charge in [-0.2, -0.15) is 0 Å². The Kier molecular flexibility index (Phi) is 3.33. The van der Waals surface area contributed by atoms with Gasteiger partial charge in [0.2, 0.25) is 0 Å². The lowest BCUT2D eigenvalue weighted by molar-refractivity contribution is -0.384. The summed E-state index contributed by atoms with van der Waals surface area (Å²) in [7, 11) is 0. The first-order valence-electron chi connectivity index (χ1n) is 5.41. The molecule has 92 valence electrons. The molecule has 1 atom stereocenters. The number of rotatable bonds is 2. The molecule has 1 aliphatic heterocycles. The van der Waals surface area contributed by atoms with Gasteiger partial charge in [-0.1, -0.05) is 0 Å². The monoisotopic (exact) mass is 302 g/mol. The number of anilines is 1. The summed E-state index contributed by atoms with van der Waals surface area (Å²) in [6.07, 6.45) is 1.96. The summed E-state index contributed by atoms with van der Waals surface area (Å²) in [6, 6.07) is 2.69. The van der Waals surface area contributed by atoms with Gasteiger partial charge in [-0.15, -0.1) is 0 Å². The van der Waals surface area contributed by atoms with Crippen LogP contribution in [-0.4, -0.2) is 17.5 Å². The smallest absolute Gasteiger partial charge is 0.293 e. The second-order valence-electron chi connectivity index (χ2n) is 4.20. The van der Waals surface area contributed by atoms with Crippen molar-refractivity contribution in [2.24, 2.45) is 0 Å². The predicted octanol–water partition coefficient (Wildman–Crippen LogP) is 3.49. The summed E-state index contributed by atoms with van der Waals surface area (Å²) in [5, 5.41) is 11.0. The van der Waals surface area contributed by atoms with Gasteiger partial charge in [0.05, 0.1) is 9.40 Å². The lowest BCUT2D eigenvalue weighted by Gasteiger charge is -2.23. The Balaban J connectivity index is 2.51. The van der Waals surface area contributed by atoms with E-state index in [0.717, 1.165) is 19.4 Å². The highest BCUT2D eigenvalue weighted by atomic mass is 79.9. The second kappa shape index (κ2) is 4.60. The van der Waals surface area contributed by atoms with E-state index in [1.807, 2.05) is 11.8 Å². The van der Waals surface area contributed by atoms with Gasteiger partial charge in [-0.05, 0) is 35.7 Å². The molecule has 1 fully saturated rings. The van der Waals surface area contributed by atoms with E-state index in [1.54, 1.807) is 0 Å². The molecular formula is C11H12BrFN2O2. The largest absolute Gasteiger partial charge is 0.363 e. The van der Waals surface area contributed by atoms with Gasteiger partial charge in [0.15, 0.2) is 0 Å². The van der Waals surface area contributed by atoms with Gasteiger partial charge < -0.3 is 4.90 Å². The van der Waals surface area contributed by atoms with Crippen LogP contribution < -0.4 is 4.90 Å². The molecule has 0 spiro atoms. The highest BCUT2D eigenvalue weighted by Crippen LogP contribution is 2.36. The van der Waals surface area contributed by atoms with Crippen molar-refractivity contribution < 1.29 is 9.31 Å². The minimum Gasteiger partial charge on any atom is -0.363 e. The molecule has 1 aliphatic rings. The summed E-state index contributed by atoms with van der Waals surface area (Å²) in [6.45, 7) is 2.74. The van der Waals surface area contributed by atoms with Crippen molar-refractivity contribution in [3.63, 3.8) is 0 Å². The predicted molar refractivity (Wildman–Crippen MR) is 66.8 cm³/mol. The van der Waals surface area contributed by atoms with Crippen molar-refractivity contribution in [3.8, 4) is 0 Å². The highest BCUT2D eigenvalue weighted by molar-refractivity contribution is 9.10. The maximum absolute atomic E-state index is 13.5. The first-order chi connectivity index (χ1) is 8.00. The lowest BCUT2D eigenvalue weighted by atomic mass is 10.2. The molecular weight excluding hydrogens is 291 g/mol. The number of nitro benzene ring substituents is 1. The first-order valence-corrected chi connectivity index (χ1v) is 6.20. The van der Waals surface area contributed by atoms with Gasteiger partial charge in [0, 0.05) is 24.7 Å². The van der Waals surface area contributed by atoms with Gasteiger partial charge in [0.1, 0.15) is 11.5 Å². The van der Waals surface area contributed by atoms with Crippen LogP contribution in [0.1, 0.15) is 19.8 Å². The Morgan fingerprint density at radius 1 is 1.59 bits per heavy atom. The third-order valence-electron chi connectivity index (χ3n) is 3.08. The van der Waals surface area contributed by atoms with Crippen LogP contribution in [0.3, 0.4) is 0 Å². The minimum atomic E-state index is -0.468. The van der Waals surface area contributed by atoms with Crippen LogP contribution in [0.5, 0.6) is 0 Å². The number of halogens is 2. The number of hydrogen-bond acceptors (Lipinski definition) is 3. The molecule has 17 heavy (non-hydrogen) atoms. The minimum absolute atomic E-state index is 0.0491. The van der Waals surface area contributed by atoms with Gasteiger partial charge in [0.25, 0.3) is 5.69 Å². The first kappa shape index (κ1) is 12.3. The molecule has 0 saturated carbocycles. The van der Waals surface area contributed by atoms with E-state index in [1.165, 1.54) is 12.1 Å². The molecule has 1 aromatic carbocycles. The van der Waals surface area contributed by atoms with Crippen LogP contribution in [0.15, 0.2) is 16.6 Å². The molecule has 0 bridgehead atoms.